The molecule has 0 fully saturated rings. The first-order valence-corrected chi connectivity index (χ1v) is 8.98. The molecule has 1 heterocycles. The van der Waals surface area contributed by atoms with Crippen LogP contribution in [0.15, 0.2) is 24.3 Å². The maximum absolute atomic E-state index is 12.3. The highest BCUT2D eigenvalue weighted by Gasteiger charge is 2.35. The van der Waals surface area contributed by atoms with E-state index < -0.39 is 21.9 Å². The summed E-state index contributed by atoms with van der Waals surface area (Å²) in [5, 5.41) is 8.71. The zero-order valence-electron chi connectivity index (χ0n) is 12.9. The third-order valence-corrected chi connectivity index (χ3v) is 4.45. The van der Waals surface area contributed by atoms with Crippen molar-refractivity contribution in [3.05, 3.63) is 29.8 Å². The van der Waals surface area contributed by atoms with E-state index in [4.69, 9.17) is 5.11 Å². The van der Waals surface area contributed by atoms with Gasteiger partial charge < -0.3 is 5.11 Å². The van der Waals surface area contributed by atoms with Gasteiger partial charge in [-0.15, -0.1) is 0 Å². The van der Waals surface area contributed by atoms with Crippen LogP contribution in [0.2, 0.25) is 0 Å². The standard InChI is InChI=1S/C13H15NO5S.C2H6/c1-20(18,19)14-8-9(6-7-12(15)16)13(17)10-4-2-3-5-11(10)14;1-2/h2-5,9H,6-8H2,1H3,(H,15,16);1-2H3/t9-;/m0./s1. The van der Waals surface area contributed by atoms with Crippen LogP contribution in [-0.2, 0) is 14.8 Å². The number of fused-ring (bicyclic) bond motifs is 1. The molecule has 1 N–H and O–H groups in total. The van der Waals surface area contributed by atoms with E-state index in [9.17, 15) is 18.0 Å². The maximum Gasteiger partial charge on any atom is 0.303 e. The van der Waals surface area contributed by atoms with Gasteiger partial charge in [0.05, 0.1) is 11.9 Å². The molecule has 0 saturated carbocycles. The second-order valence-electron chi connectivity index (χ2n) is 4.80. The lowest BCUT2D eigenvalue weighted by atomic mass is 9.89. The van der Waals surface area contributed by atoms with Gasteiger partial charge in [0, 0.05) is 24.4 Å². The van der Waals surface area contributed by atoms with Crippen molar-refractivity contribution in [2.24, 2.45) is 5.92 Å². The van der Waals surface area contributed by atoms with Crippen LogP contribution < -0.4 is 4.31 Å². The zero-order chi connectivity index (χ0) is 16.9. The van der Waals surface area contributed by atoms with Crippen LogP contribution in [0, 0.1) is 5.92 Å². The average Bonchev–Trinajstić information content (AvgIpc) is 2.47. The summed E-state index contributed by atoms with van der Waals surface area (Å²) in [6, 6.07) is 6.49. The lowest BCUT2D eigenvalue weighted by Crippen LogP contribution is -2.42. The Hall–Kier alpha value is -1.89. The van der Waals surface area contributed by atoms with Crippen LogP contribution in [0.1, 0.15) is 37.0 Å². The molecule has 1 atom stereocenters. The number of hydrogen-bond acceptors (Lipinski definition) is 4. The summed E-state index contributed by atoms with van der Waals surface area (Å²) in [4.78, 5) is 22.9. The number of carboxylic acid groups (broad SMARTS) is 1. The first kappa shape index (κ1) is 18.2. The Morgan fingerprint density at radius 3 is 2.45 bits per heavy atom. The molecule has 0 aliphatic carbocycles. The summed E-state index contributed by atoms with van der Waals surface area (Å²) in [5.41, 5.74) is 0.700. The summed E-state index contributed by atoms with van der Waals surface area (Å²) in [6.07, 6.45) is 1.05. The van der Waals surface area contributed by atoms with Gasteiger partial charge in [0.15, 0.2) is 5.78 Å². The molecule has 0 saturated heterocycles. The van der Waals surface area contributed by atoms with Crippen LogP contribution in [0.4, 0.5) is 5.69 Å². The number of anilines is 1. The van der Waals surface area contributed by atoms with Crippen molar-refractivity contribution < 1.29 is 23.1 Å². The van der Waals surface area contributed by atoms with Gasteiger partial charge in [-0.05, 0) is 18.6 Å². The van der Waals surface area contributed by atoms with Gasteiger partial charge in [-0.3, -0.25) is 13.9 Å². The van der Waals surface area contributed by atoms with Crippen LogP contribution >= 0.6 is 0 Å². The van der Waals surface area contributed by atoms with Crippen molar-refractivity contribution in [2.45, 2.75) is 26.7 Å². The van der Waals surface area contributed by atoms with E-state index in [-0.39, 0.29) is 25.2 Å². The van der Waals surface area contributed by atoms with Gasteiger partial charge in [-0.25, -0.2) is 8.42 Å². The summed E-state index contributed by atoms with van der Waals surface area (Å²) in [5.74, 6) is -1.81. The summed E-state index contributed by atoms with van der Waals surface area (Å²) >= 11 is 0. The minimum Gasteiger partial charge on any atom is -0.481 e. The van der Waals surface area contributed by atoms with E-state index in [1.807, 2.05) is 13.8 Å². The number of ketones is 1. The van der Waals surface area contributed by atoms with Crippen molar-refractivity contribution in [1.82, 2.24) is 0 Å². The Kier molecular flexibility index (Phi) is 6.11. The van der Waals surface area contributed by atoms with E-state index in [0.29, 0.717) is 11.3 Å². The van der Waals surface area contributed by atoms with Crippen LogP contribution in [-0.4, -0.2) is 38.1 Å². The predicted molar refractivity (Wildman–Crippen MR) is 84.7 cm³/mol. The maximum atomic E-state index is 12.3. The highest BCUT2D eigenvalue weighted by molar-refractivity contribution is 7.92. The smallest absolute Gasteiger partial charge is 0.303 e. The monoisotopic (exact) mass is 327 g/mol. The number of benzene rings is 1. The molecule has 0 unspecified atom stereocenters. The highest BCUT2D eigenvalue weighted by atomic mass is 32.2. The molecule has 122 valence electrons. The molecule has 22 heavy (non-hydrogen) atoms. The van der Waals surface area contributed by atoms with Crippen LogP contribution in [0.25, 0.3) is 0 Å². The predicted octanol–water partition coefficient (Wildman–Crippen LogP) is 2.16. The van der Waals surface area contributed by atoms with Crippen molar-refractivity contribution in [3.8, 4) is 0 Å². The molecule has 7 heteroatoms. The minimum absolute atomic E-state index is 0.00194. The van der Waals surface area contributed by atoms with E-state index in [1.165, 1.54) is 4.31 Å². The van der Waals surface area contributed by atoms with Crippen molar-refractivity contribution in [3.63, 3.8) is 0 Å². The molecule has 1 aromatic rings. The fraction of sp³-hybridized carbons (Fsp3) is 0.467. The van der Waals surface area contributed by atoms with E-state index >= 15 is 0 Å². The number of carboxylic acids is 1. The summed E-state index contributed by atoms with van der Waals surface area (Å²) in [7, 11) is -3.50. The summed E-state index contributed by atoms with van der Waals surface area (Å²) in [6.45, 7) is 4.00. The van der Waals surface area contributed by atoms with Crippen molar-refractivity contribution in [2.75, 3.05) is 17.1 Å². The Balaban J connectivity index is 0.00000116. The normalized spacial score (nSPS) is 17.3. The Morgan fingerprint density at radius 2 is 1.91 bits per heavy atom. The third-order valence-electron chi connectivity index (χ3n) is 3.30. The Morgan fingerprint density at radius 1 is 1.32 bits per heavy atom. The third kappa shape index (κ3) is 4.07. The number of carbonyl (C=O) groups excluding carboxylic acids is 1. The second kappa shape index (κ2) is 7.40. The Labute approximate surface area is 130 Å². The van der Waals surface area contributed by atoms with Crippen LogP contribution in [0.5, 0.6) is 0 Å². The van der Waals surface area contributed by atoms with Crippen molar-refractivity contribution >= 4 is 27.5 Å². The van der Waals surface area contributed by atoms with Gasteiger partial charge >= 0.3 is 5.97 Å². The number of rotatable bonds is 4. The van der Waals surface area contributed by atoms with Gasteiger partial charge in [-0.1, -0.05) is 26.0 Å². The largest absolute Gasteiger partial charge is 0.481 e. The molecule has 1 aromatic carbocycles. The number of sulfonamides is 1. The molecule has 0 bridgehead atoms. The number of Topliss-reactive ketones (excluding diaryl/α,β-unsaturated/α-hetero) is 1. The Bertz CT molecular complexity index is 654. The molecule has 6 nitrogen and oxygen atoms in total. The molecular weight excluding hydrogens is 306 g/mol. The first-order chi connectivity index (χ1) is 10.3. The second-order valence-corrected chi connectivity index (χ2v) is 6.71. The molecule has 0 spiro atoms. The van der Waals surface area contributed by atoms with E-state index in [0.717, 1.165) is 6.26 Å². The van der Waals surface area contributed by atoms with Gasteiger partial charge in [-0.2, -0.15) is 0 Å². The number of para-hydroxylation sites is 1. The van der Waals surface area contributed by atoms with Gasteiger partial charge in [0.25, 0.3) is 0 Å². The lowest BCUT2D eigenvalue weighted by molar-refractivity contribution is -0.137. The molecule has 2 rings (SSSR count). The highest BCUT2D eigenvalue weighted by Crippen LogP contribution is 2.32. The molecule has 0 radical (unpaired) electrons. The van der Waals surface area contributed by atoms with Crippen LogP contribution in [0.3, 0.4) is 0 Å². The minimum atomic E-state index is -3.50. The zero-order valence-corrected chi connectivity index (χ0v) is 13.8. The first-order valence-electron chi connectivity index (χ1n) is 7.13. The molecular formula is C15H21NO5S. The van der Waals surface area contributed by atoms with Gasteiger partial charge in [0.1, 0.15) is 0 Å². The molecule has 0 amide bonds. The van der Waals surface area contributed by atoms with E-state index in [2.05, 4.69) is 0 Å². The SMILES string of the molecule is CC.CS(=O)(=O)N1C[C@H](CCC(=O)O)C(=O)c2ccccc21. The van der Waals surface area contributed by atoms with E-state index in [1.54, 1.807) is 24.3 Å². The number of carbonyl (C=O) groups is 2. The molecule has 1 aliphatic heterocycles. The fourth-order valence-electron chi connectivity index (χ4n) is 2.33. The average molecular weight is 327 g/mol. The number of aliphatic carboxylic acids is 1. The summed E-state index contributed by atoms with van der Waals surface area (Å²) < 4.78 is 24.9. The lowest BCUT2D eigenvalue weighted by Gasteiger charge is -2.33. The van der Waals surface area contributed by atoms with Crippen molar-refractivity contribution in [1.29, 1.82) is 0 Å². The molecule has 1 aliphatic rings. The number of hydrogen-bond donors (Lipinski definition) is 1. The topological polar surface area (TPSA) is 91.8 Å². The van der Waals surface area contributed by atoms with Gasteiger partial charge in [0.2, 0.25) is 10.0 Å². The fourth-order valence-corrected chi connectivity index (χ4v) is 3.30. The quantitative estimate of drug-likeness (QED) is 0.915. The number of nitrogens with zero attached hydrogens (tertiary/aromatic N) is 1. The molecule has 0 aromatic heterocycles.